The van der Waals surface area contributed by atoms with Crippen molar-refractivity contribution in [1.29, 1.82) is 0 Å². The van der Waals surface area contributed by atoms with Crippen molar-refractivity contribution < 1.29 is 28.7 Å². The number of hydrogen-bond donors (Lipinski definition) is 0. The van der Waals surface area contributed by atoms with Gasteiger partial charge in [0, 0.05) is 49.8 Å². The van der Waals surface area contributed by atoms with Gasteiger partial charge in [0.1, 0.15) is 13.2 Å². The molecule has 6 heteroatoms. The third-order valence-electron chi connectivity index (χ3n) is 6.18. The first-order chi connectivity index (χ1) is 18.2. The lowest BCUT2D eigenvalue weighted by molar-refractivity contribution is -0.123. The Balaban J connectivity index is 1.43. The molecule has 0 aliphatic heterocycles. The average Bonchev–Trinajstić information content (AvgIpc) is 2.90. The minimum atomic E-state index is -0.0449. The second kappa shape index (κ2) is 17.2. The number of carbonyl (C=O) groups is 4. The van der Waals surface area contributed by atoms with Gasteiger partial charge in [-0.3, -0.25) is 19.2 Å². The zero-order valence-corrected chi connectivity index (χ0v) is 22.8. The normalized spacial score (nSPS) is 10.7. The summed E-state index contributed by atoms with van der Waals surface area (Å²) >= 11 is 0. The van der Waals surface area contributed by atoms with Gasteiger partial charge in [0.25, 0.3) is 0 Å². The summed E-state index contributed by atoms with van der Waals surface area (Å²) in [5.74, 6) is 0.544. The van der Waals surface area contributed by atoms with Crippen molar-refractivity contribution in [3.05, 3.63) is 83.1 Å². The maximum absolute atomic E-state index is 12.2. The highest BCUT2D eigenvalue weighted by atomic mass is 16.5. The zero-order chi connectivity index (χ0) is 27.8. The second-order valence-corrected chi connectivity index (χ2v) is 9.70. The number of aryl methyl sites for hydroxylation is 2. The molecule has 0 aromatic heterocycles. The van der Waals surface area contributed by atoms with Gasteiger partial charge >= 0.3 is 0 Å². The van der Waals surface area contributed by atoms with Gasteiger partial charge in [-0.2, -0.15) is 0 Å². The van der Waals surface area contributed by atoms with E-state index in [-0.39, 0.29) is 36.3 Å². The molecule has 0 aliphatic rings. The van der Waals surface area contributed by atoms with Crippen molar-refractivity contribution in [3.8, 4) is 0 Å². The first-order valence-electron chi connectivity index (χ1n) is 13.4. The number of hydrogen-bond acceptors (Lipinski definition) is 6. The highest BCUT2D eigenvalue weighted by molar-refractivity contribution is 5.96. The highest BCUT2D eigenvalue weighted by Crippen LogP contribution is 2.12. The van der Waals surface area contributed by atoms with Crippen LogP contribution in [0, 0.1) is 13.8 Å². The van der Waals surface area contributed by atoms with E-state index in [1.54, 1.807) is 0 Å². The standard InChI is InChI=1S/C32H40O6/c1-24-11-16-27(17-12-24)31(35)10-7-21-37-22-29(33)8-5-4-6-9-30(34)23-38-26(3)15-20-32(36)28-18-13-25(2)14-19-28/h11-14,16-19H,3-10,15,20-23H2,1-2H3. The van der Waals surface area contributed by atoms with Gasteiger partial charge in [-0.1, -0.05) is 72.7 Å². The predicted molar refractivity (Wildman–Crippen MR) is 148 cm³/mol. The number of allylic oxidation sites excluding steroid dienone is 1. The molecule has 0 spiro atoms. The SMILES string of the molecule is C=C(CCC(=O)c1ccc(C)cc1)OCC(=O)CCCCCC(=O)COCCCC(=O)c1ccc(C)cc1. The van der Waals surface area contributed by atoms with Crippen molar-refractivity contribution in [2.24, 2.45) is 0 Å². The van der Waals surface area contributed by atoms with E-state index in [4.69, 9.17) is 9.47 Å². The summed E-state index contributed by atoms with van der Waals surface area (Å²) in [4.78, 5) is 48.3. The van der Waals surface area contributed by atoms with Crippen LogP contribution in [-0.4, -0.2) is 43.0 Å². The molecular weight excluding hydrogens is 480 g/mol. The summed E-state index contributed by atoms with van der Waals surface area (Å²) in [5, 5.41) is 0. The van der Waals surface area contributed by atoms with Gasteiger partial charge in [0.05, 0.1) is 5.76 Å². The molecule has 0 aliphatic carbocycles. The Morgan fingerprint density at radius 2 is 1.11 bits per heavy atom. The van der Waals surface area contributed by atoms with Crippen LogP contribution in [-0.2, 0) is 19.1 Å². The smallest absolute Gasteiger partial charge is 0.170 e. The Bertz CT molecular complexity index is 1070. The molecule has 2 aromatic rings. The Morgan fingerprint density at radius 3 is 1.66 bits per heavy atom. The fourth-order valence-electron chi connectivity index (χ4n) is 3.76. The minimum Gasteiger partial charge on any atom is -0.491 e. The number of ether oxygens (including phenoxy) is 2. The summed E-state index contributed by atoms with van der Waals surface area (Å²) < 4.78 is 10.8. The molecule has 6 nitrogen and oxygen atoms in total. The van der Waals surface area contributed by atoms with Crippen LogP contribution in [0.25, 0.3) is 0 Å². The van der Waals surface area contributed by atoms with E-state index in [1.165, 1.54) is 0 Å². The van der Waals surface area contributed by atoms with Crippen LogP contribution < -0.4 is 0 Å². The van der Waals surface area contributed by atoms with Crippen molar-refractivity contribution >= 4 is 23.1 Å². The zero-order valence-electron chi connectivity index (χ0n) is 22.8. The first kappa shape index (κ1) is 30.8. The molecule has 0 N–H and O–H groups in total. The molecular formula is C32H40O6. The van der Waals surface area contributed by atoms with E-state index < -0.39 is 0 Å². The quantitative estimate of drug-likeness (QED) is 0.112. The van der Waals surface area contributed by atoms with E-state index in [0.29, 0.717) is 74.9 Å². The molecule has 0 saturated carbocycles. The van der Waals surface area contributed by atoms with E-state index in [9.17, 15) is 19.2 Å². The van der Waals surface area contributed by atoms with Crippen LogP contribution in [0.5, 0.6) is 0 Å². The molecule has 0 atom stereocenters. The monoisotopic (exact) mass is 520 g/mol. The van der Waals surface area contributed by atoms with Crippen molar-refractivity contribution in [2.75, 3.05) is 19.8 Å². The maximum atomic E-state index is 12.2. The predicted octanol–water partition coefficient (Wildman–Crippen LogP) is 6.57. The summed E-state index contributed by atoms with van der Waals surface area (Å²) in [6.45, 7) is 8.14. The van der Waals surface area contributed by atoms with E-state index in [2.05, 4.69) is 6.58 Å². The van der Waals surface area contributed by atoms with E-state index >= 15 is 0 Å². The van der Waals surface area contributed by atoms with Crippen molar-refractivity contribution in [3.63, 3.8) is 0 Å². The molecule has 38 heavy (non-hydrogen) atoms. The first-order valence-corrected chi connectivity index (χ1v) is 13.4. The topological polar surface area (TPSA) is 86.7 Å². The largest absolute Gasteiger partial charge is 0.491 e. The van der Waals surface area contributed by atoms with Crippen LogP contribution in [0.1, 0.15) is 89.6 Å². The molecule has 2 rings (SSSR count). The van der Waals surface area contributed by atoms with Crippen LogP contribution in [0.4, 0.5) is 0 Å². The third kappa shape index (κ3) is 12.7. The summed E-state index contributed by atoms with van der Waals surface area (Å²) in [6.07, 6.45) is 4.62. The lowest BCUT2D eigenvalue weighted by Gasteiger charge is -2.08. The molecule has 0 fully saturated rings. The summed E-state index contributed by atoms with van der Waals surface area (Å²) in [6, 6.07) is 14.9. The summed E-state index contributed by atoms with van der Waals surface area (Å²) in [5.41, 5.74) is 3.58. The Kier molecular flexibility index (Phi) is 14.0. The number of unbranched alkanes of at least 4 members (excludes halogenated alkanes) is 2. The average molecular weight is 521 g/mol. The third-order valence-corrected chi connectivity index (χ3v) is 6.18. The van der Waals surface area contributed by atoms with Crippen molar-refractivity contribution in [1.82, 2.24) is 0 Å². The van der Waals surface area contributed by atoms with Gasteiger partial charge in [0.2, 0.25) is 0 Å². The number of benzene rings is 2. The van der Waals surface area contributed by atoms with Crippen molar-refractivity contribution in [2.45, 2.75) is 71.6 Å². The second-order valence-electron chi connectivity index (χ2n) is 9.70. The van der Waals surface area contributed by atoms with Gasteiger partial charge in [-0.25, -0.2) is 0 Å². The molecule has 0 saturated heterocycles. The number of Topliss-reactive ketones (excluding diaryl/α,β-unsaturated/α-hetero) is 4. The van der Waals surface area contributed by atoms with Gasteiger partial charge in [-0.05, 0) is 33.1 Å². The lowest BCUT2D eigenvalue weighted by atomic mass is 10.0. The van der Waals surface area contributed by atoms with Gasteiger partial charge in [-0.15, -0.1) is 0 Å². The van der Waals surface area contributed by atoms with Crippen LogP contribution in [0.2, 0.25) is 0 Å². The number of ketones is 4. The van der Waals surface area contributed by atoms with Gasteiger partial charge < -0.3 is 9.47 Å². The van der Waals surface area contributed by atoms with Crippen LogP contribution >= 0.6 is 0 Å². The number of carbonyl (C=O) groups excluding carboxylic acids is 4. The molecule has 0 heterocycles. The molecule has 204 valence electrons. The molecule has 0 radical (unpaired) electrons. The number of rotatable bonds is 20. The molecule has 0 bridgehead atoms. The lowest BCUT2D eigenvalue weighted by Crippen LogP contribution is -2.11. The summed E-state index contributed by atoms with van der Waals surface area (Å²) in [7, 11) is 0. The van der Waals surface area contributed by atoms with Crippen LogP contribution in [0.15, 0.2) is 60.9 Å². The molecule has 0 amide bonds. The van der Waals surface area contributed by atoms with E-state index in [0.717, 1.165) is 17.5 Å². The van der Waals surface area contributed by atoms with Gasteiger partial charge in [0.15, 0.2) is 23.1 Å². The fourth-order valence-corrected chi connectivity index (χ4v) is 3.76. The fraction of sp³-hybridized carbons (Fsp3) is 0.438. The van der Waals surface area contributed by atoms with E-state index in [1.807, 2.05) is 62.4 Å². The molecule has 2 aromatic carbocycles. The molecule has 0 unspecified atom stereocenters. The highest BCUT2D eigenvalue weighted by Gasteiger charge is 2.10. The Hall–Kier alpha value is -3.38. The minimum absolute atomic E-state index is 0.0224. The van der Waals surface area contributed by atoms with Crippen LogP contribution in [0.3, 0.4) is 0 Å². The Morgan fingerprint density at radius 1 is 0.605 bits per heavy atom. The Labute approximate surface area is 226 Å². The maximum Gasteiger partial charge on any atom is 0.170 e.